The predicted molar refractivity (Wildman–Crippen MR) is 73.5 cm³/mol. The molecule has 5 heteroatoms. The van der Waals surface area contributed by atoms with Crippen molar-refractivity contribution in [3.63, 3.8) is 0 Å². The van der Waals surface area contributed by atoms with E-state index in [-0.39, 0.29) is 11.9 Å². The molecule has 1 fully saturated rings. The number of piperidine rings is 1. The number of benzene rings is 1. The summed E-state index contributed by atoms with van der Waals surface area (Å²) >= 11 is 0. The Hall–Kier alpha value is -2.17. The van der Waals surface area contributed by atoms with E-state index in [4.69, 9.17) is 9.47 Å². The lowest BCUT2D eigenvalue weighted by Crippen LogP contribution is -2.39. The molecular weight excluding hydrogens is 244 g/mol. The van der Waals surface area contributed by atoms with Crippen molar-refractivity contribution in [2.24, 2.45) is 0 Å². The van der Waals surface area contributed by atoms with Crippen molar-refractivity contribution >= 4 is 11.6 Å². The zero-order valence-electron chi connectivity index (χ0n) is 11.2. The molecule has 1 aromatic carbocycles. The third kappa shape index (κ3) is 2.99. The number of amides is 1. The van der Waals surface area contributed by atoms with Crippen LogP contribution < -0.4 is 20.1 Å². The van der Waals surface area contributed by atoms with Crippen LogP contribution >= 0.6 is 0 Å². The van der Waals surface area contributed by atoms with Gasteiger partial charge in [-0.3, -0.25) is 4.79 Å². The van der Waals surface area contributed by atoms with E-state index in [1.807, 2.05) is 18.2 Å². The summed E-state index contributed by atoms with van der Waals surface area (Å²) < 4.78 is 10.5. The second-order valence-electron chi connectivity index (χ2n) is 4.38. The smallest absolute Gasteiger partial charge is 0.224 e. The largest absolute Gasteiger partial charge is 0.497 e. The highest BCUT2D eigenvalue weighted by atomic mass is 16.5. The molecule has 0 saturated carbocycles. The molecule has 2 N–H and O–H groups in total. The number of carbonyl (C=O) groups excluding carboxylic acids is 1. The number of anilines is 1. The molecule has 1 unspecified atom stereocenters. The van der Waals surface area contributed by atoms with E-state index in [0.29, 0.717) is 17.9 Å². The second kappa shape index (κ2) is 5.65. The summed E-state index contributed by atoms with van der Waals surface area (Å²) in [6.45, 7) is 3.87. The molecular formula is C14H18N2O3. The van der Waals surface area contributed by atoms with Crippen LogP contribution in [-0.4, -0.2) is 26.2 Å². The molecule has 2 rings (SSSR count). The van der Waals surface area contributed by atoms with E-state index in [0.717, 1.165) is 17.9 Å². The second-order valence-corrected chi connectivity index (χ2v) is 4.38. The van der Waals surface area contributed by atoms with E-state index < -0.39 is 0 Å². The van der Waals surface area contributed by atoms with Gasteiger partial charge in [-0.2, -0.15) is 0 Å². The van der Waals surface area contributed by atoms with E-state index in [1.165, 1.54) is 0 Å². The molecule has 1 aliphatic rings. The molecule has 0 aromatic heterocycles. The fourth-order valence-electron chi connectivity index (χ4n) is 2.04. The summed E-state index contributed by atoms with van der Waals surface area (Å²) in [7, 11) is 3.22. The van der Waals surface area contributed by atoms with Gasteiger partial charge in [-0.05, 0) is 18.6 Å². The quantitative estimate of drug-likeness (QED) is 0.870. The molecule has 5 nitrogen and oxygen atoms in total. The van der Waals surface area contributed by atoms with Gasteiger partial charge in [0, 0.05) is 18.2 Å². The highest BCUT2D eigenvalue weighted by Crippen LogP contribution is 2.31. The van der Waals surface area contributed by atoms with Crippen molar-refractivity contribution in [1.82, 2.24) is 5.32 Å². The number of methoxy groups -OCH3 is 2. The number of hydrogen-bond donors (Lipinski definition) is 2. The third-order valence-corrected chi connectivity index (χ3v) is 3.12. The summed E-state index contributed by atoms with van der Waals surface area (Å²) in [6, 6.07) is 5.57. The van der Waals surface area contributed by atoms with Crippen LogP contribution in [0.2, 0.25) is 0 Å². The maximum atomic E-state index is 11.2. The first-order chi connectivity index (χ1) is 9.13. The molecule has 19 heavy (non-hydrogen) atoms. The monoisotopic (exact) mass is 262 g/mol. The Bertz CT molecular complexity index is 499. The average Bonchev–Trinajstić information content (AvgIpc) is 2.42. The Morgan fingerprint density at radius 3 is 2.79 bits per heavy atom. The zero-order chi connectivity index (χ0) is 13.8. The topological polar surface area (TPSA) is 59.6 Å². The number of hydrogen-bond acceptors (Lipinski definition) is 4. The van der Waals surface area contributed by atoms with Gasteiger partial charge in [0.25, 0.3) is 0 Å². The van der Waals surface area contributed by atoms with Gasteiger partial charge in [0.05, 0.1) is 25.9 Å². The van der Waals surface area contributed by atoms with Gasteiger partial charge in [-0.1, -0.05) is 6.58 Å². The Kier molecular flexibility index (Phi) is 3.94. The fraction of sp³-hybridized carbons (Fsp3) is 0.357. The van der Waals surface area contributed by atoms with Gasteiger partial charge >= 0.3 is 0 Å². The molecule has 1 aromatic rings. The van der Waals surface area contributed by atoms with Gasteiger partial charge < -0.3 is 20.1 Å². The summed E-state index contributed by atoms with van der Waals surface area (Å²) in [6.07, 6.45) is 1.22. The van der Waals surface area contributed by atoms with Crippen LogP contribution in [0.25, 0.3) is 0 Å². The zero-order valence-corrected chi connectivity index (χ0v) is 11.2. The molecule has 1 saturated heterocycles. The molecule has 0 bridgehead atoms. The highest BCUT2D eigenvalue weighted by molar-refractivity contribution is 5.79. The Morgan fingerprint density at radius 1 is 1.37 bits per heavy atom. The first-order valence-corrected chi connectivity index (χ1v) is 6.11. The van der Waals surface area contributed by atoms with Crippen molar-refractivity contribution in [3.8, 4) is 11.5 Å². The van der Waals surface area contributed by atoms with Gasteiger partial charge in [0.1, 0.15) is 11.5 Å². The normalized spacial score (nSPS) is 18.7. The van der Waals surface area contributed by atoms with Gasteiger partial charge in [-0.15, -0.1) is 0 Å². The molecule has 0 spiro atoms. The van der Waals surface area contributed by atoms with Gasteiger partial charge in [0.2, 0.25) is 5.91 Å². The standard InChI is InChI=1S/C14H18N2O3/c1-9-11(6-7-14(17)15-9)16-12-5-4-10(18-2)8-13(12)19-3/h4-5,8,11,16H,1,6-7H2,2-3H3,(H,15,17). The molecule has 102 valence electrons. The van der Waals surface area contributed by atoms with Crippen LogP contribution in [-0.2, 0) is 4.79 Å². The minimum atomic E-state index is 0.0139. The fourth-order valence-corrected chi connectivity index (χ4v) is 2.04. The minimum Gasteiger partial charge on any atom is -0.497 e. The number of ether oxygens (including phenoxy) is 2. The van der Waals surface area contributed by atoms with Crippen LogP contribution in [0.1, 0.15) is 12.8 Å². The predicted octanol–water partition coefficient (Wildman–Crippen LogP) is 1.91. The molecule has 1 heterocycles. The van der Waals surface area contributed by atoms with Crippen molar-refractivity contribution < 1.29 is 14.3 Å². The van der Waals surface area contributed by atoms with Crippen molar-refractivity contribution in [2.75, 3.05) is 19.5 Å². The lowest BCUT2D eigenvalue weighted by molar-refractivity contribution is -0.121. The maximum Gasteiger partial charge on any atom is 0.224 e. The van der Waals surface area contributed by atoms with Crippen LogP contribution in [0.4, 0.5) is 5.69 Å². The summed E-state index contributed by atoms with van der Waals surface area (Å²) in [4.78, 5) is 11.2. The van der Waals surface area contributed by atoms with Gasteiger partial charge in [0.15, 0.2) is 0 Å². The molecule has 1 amide bonds. The maximum absolute atomic E-state index is 11.2. The molecule has 0 radical (unpaired) electrons. The SMILES string of the molecule is C=C1NC(=O)CCC1Nc1ccc(OC)cc1OC. The van der Waals surface area contributed by atoms with Gasteiger partial charge in [-0.25, -0.2) is 0 Å². The lowest BCUT2D eigenvalue weighted by Gasteiger charge is -2.27. The molecule has 1 atom stereocenters. The number of nitrogens with one attached hydrogen (secondary N) is 2. The van der Waals surface area contributed by atoms with Crippen molar-refractivity contribution in [1.29, 1.82) is 0 Å². The lowest BCUT2D eigenvalue weighted by atomic mass is 10.0. The summed E-state index contributed by atoms with van der Waals surface area (Å²) in [5, 5.41) is 6.08. The van der Waals surface area contributed by atoms with E-state index in [9.17, 15) is 4.79 Å². The summed E-state index contributed by atoms with van der Waals surface area (Å²) in [5.41, 5.74) is 1.54. The first kappa shape index (κ1) is 13.3. The van der Waals surface area contributed by atoms with Crippen molar-refractivity contribution in [2.45, 2.75) is 18.9 Å². The number of rotatable bonds is 4. The molecule has 0 aliphatic carbocycles. The van der Waals surface area contributed by atoms with Crippen LogP contribution in [0, 0.1) is 0 Å². The van der Waals surface area contributed by atoms with Crippen molar-refractivity contribution in [3.05, 3.63) is 30.5 Å². The van der Waals surface area contributed by atoms with E-state index >= 15 is 0 Å². The Labute approximate surface area is 112 Å². The molecule has 1 aliphatic heterocycles. The average molecular weight is 262 g/mol. The highest BCUT2D eigenvalue weighted by Gasteiger charge is 2.22. The number of carbonyl (C=O) groups is 1. The van der Waals surface area contributed by atoms with Crippen LogP contribution in [0.15, 0.2) is 30.5 Å². The third-order valence-electron chi connectivity index (χ3n) is 3.12. The minimum absolute atomic E-state index is 0.0139. The first-order valence-electron chi connectivity index (χ1n) is 6.11. The van der Waals surface area contributed by atoms with Crippen LogP contribution in [0.3, 0.4) is 0 Å². The Balaban J connectivity index is 2.14. The van der Waals surface area contributed by atoms with E-state index in [1.54, 1.807) is 14.2 Å². The van der Waals surface area contributed by atoms with Crippen LogP contribution in [0.5, 0.6) is 11.5 Å². The summed E-state index contributed by atoms with van der Waals surface area (Å²) in [5.74, 6) is 1.45. The van der Waals surface area contributed by atoms with E-state index in [2.05, 4.69) is 17.2 Å². The Morgan fingerprint density at radius 2 is 2.16 bits per heavy atom.